The molecule has 0 saturated carbocycles. The molecule has 58 valence electrons. The standard InChI is InChI=1S/C8H10N2S/c1-3-4-7-5-9-8(11-2)10-6-7/h3-6H,1-2H3/b4-3+. The van der Waals surface area contributed by atoms with Crippen LogP contribution in [-0.2, 0) is 0 Å². The fourth-order valence-corrected chi connectivity index (χ4v) is 1.03. The zero-order chi connectivity index (χ0) is 8.10. The molecular weight excluding hydrogens is 156 g/mol. The molecule has 0 spiro atoms. The lowest BCUT2D eigenvalue weighted by Crippen LogP contribution is -1.84. The van der Waals surface area contributed by atoms with Gasteiger partial charge in [-0.15, -0.1) is 0 Å². The van der Waals surface area contributed by atoms with Gasteiger partial charge in [0.05, 0.1) is 0 Å². The van der Waals surface area contributed by atoms with Crippen molar-refractivity contribution < 1.29 is 0 Å². The number of aromatic nitrogens is 2. The molecule has 1 rings (SSSR count). The first kappa shape index (κ1) is 8.27. The van der Waals surface area contributed by atoms with Crippen LogP contribution in [0.25, 0.3) is 6.08 Å². The van der Waals surface area contributed by atoms with E-state index in [1.165, 1.54) is 0 Å². The van der Waals surface area contributed by atoms with Gasteiger partial charge in [0.25, 0.3) is 0 Å². The summed E-state index contributed by atoms with van der Waals surface area (Å²) in [5, 5.41) is 0.818. The van der Waals surface area contributed by atoms with Gasteiger partial charge >= 0.3 is 0 Å². The molecule has 0 saturated heterocycles. The van der Waals surface area contributed by atoms with Crippen LogP contribution < -0.4 is 0 Å². The third-order valence-corrected chi connectivity index (χ3v) is 1.77. The maximum absolute atomic E-state index is 4.12. The molecule has 0 aliphatic rings. The molecule has 0 N–H and O–H groups in total. The van der Waals surface area contributed by atoms with Crippen LogP contribution in [0.5, 0.6) is 0 Å². The van der Waals surface area contributed by atoms with Gasteiger partial charge in [0.2, 0.25) is 0 Å². The van der Waals surface area contributed by atoms with Crippen LogP contribution >= 0.6 is 11.8 Å². The summed E-state index contributed by atoms with van der Waals surface area (Å²) in [5.41, 5.74) is 1.05. The van der Waals surface area contributed by atoms with Crippen molar-refractivity contribution in [3.05, 3.63) is 24.0 Å². The molecule has 0 unspecified atom stereocenters. The third-order valence-electron chi connectivity index (χ3n) is 1.19. The lowest BCUT2D eigenvalue weighted by Gasteiger charge is -1.93. The van der Waals surface area contributed by atoms with Gasteiger partial charge in [0.15, 0.2) is 5.16 Å². The summed E-state index contributed by atoms with van der Waals surface area (Å²) in [6, 6.07) is 0. The molecule has 3 heteroatoms. The van der Waals surface area contributed by atoms with Crippen LogP contribution in [0.15, 0.2) is 23.6 Å². The largest absolute Gasteiger partial charge is 0.231 e. The van der Waals surface area contributed by atoms with Crippen LogP contribution in [0.2, 0.25) is 0 Å². The van der Waals surface area contributed by atoms with Gasteiger partial charge in [-0.2, -0.15) is 0 Å². The summed E-state index contributed by atoms with van der Waals surface area (Å²) in [7, 11) is 0. The summed E-state index contributed by atoms with van der Waals surface area (Å²) in [4.78, 5) is 8.23. The second kappa shape index (κ2) is 4.13. The zero-order valence-electron chi connectivity index (χ0n) is 6.61. The first-order valence-corrected chi connectivity index (χ1v) is 4.58. The minimum Gasteiger partial charge on any atom is -0.231 e. The van der Waals surface area contributed by atoms with Gasteiger partial charge in [-0.1, -0.05) is 23.9 Å². The molecule has 0 aliphatic carbocycles. The molecule has 1 aromatic rings. The highest BCUT2D eigenvalue weighted by molar-refractivity contribution is 7.98. The quantitative estimate of drug-likeness (QED) is 0.497. The van der Waals surface area contributed by atoms with E-state index in [1.54, 1.807) is 11.8 Å². The Morgan fingerprint density at radius 3 is 2.45 bits per heavy atom. The summed E-state index contributed by atoms with van der Waals surface area (Å²) in [6.07, 6.45) is 9.55. The Hall–Kier alpha value is -0.830. The van der Waals surface area contributed by atoms with E-state index in [2.05, 4.69) is 9.97 Å². The molecule has 0 atom stereocenters. The first-order valence-electron chi connectivity index (χ1n) is 3.35. The van der Waals surface area contributed by atoms with Crippen molar-refractivity contribution in [1.29, 1.82) is 0 Å². The lowest BCUT2D eigenvalue weighted by atomic mass is 10.3. The van der Waals surface area contributed by atoms with Crippen LogP contribution in [0.1, 0.15) is 12.5 Å². The zero-order valence-corrected chi connectivity index (χ0v) is 7.43. The maximum Gasteiger partial charge on any atom is 0.187 e. The van der Waals surface area contributed by atoms with Crippen LogP contribution in [0, 0.1) is 0 Å². The molecule has 0 aliphatic heterocycles. The molecule has 11 heavy (non-hydrogen) atoms. The van der Waals surface area contributed by atoms with Crippen LogP contribution in [0.4, 0.5) is 0 Å². The summed E-state index contributed by atoms with van der Waals surface area (Å²) >= 11 is 1.55. The highest BCUT2D eigenvalue weighted by Gasteiger charge is 1.90. The van der Waals surface area contributed by atoms with Crippen molar-refractivity contribution in [2.45, 2.75) is 12.1 Å². The lowest BCUT2D eigenvalue weighted by molar-refractivity contribution is 0.966. The number of rotatable bonds is 2. The van der Waals surface area contributed by atoms with Gasteiger partial charge < -0.3 is 0 Å². The number of thioether (sulfide) groups is 1. The molecule has 0 bridgehead atoms. The maximum atomic E-state index is 4.12. The van der Waals surface area contributed by atoms with E-state index in [0.717, 1.165) is 10.7 Å². The Kier molecular flexibility index (Phi) is 3.11. The van der Waals surface area contributed by atoms with Gasteiger partial charge in [0, 0.05) is 18.0 Å². The van der Waals surface area contributed by atoms with E-state index in [9.17, 15) is 0 Å². The monoisotopic (exact) mass is 166 g/mol. The van der Waals surface area contributed by atoms with Crippen molar-refractivity contribution in [3.63, 3.8) is 0 Å². The fourth-order valence-electron chi connectivity index (χ4n) is 0.710. The Morgan fingerprint density at radius 1 is 1.36 bits per heavy atom. The predicted octanol–water partition coefficient (Wildman–Crippen LogP) is 2.23. The van der Waals surface area contributed by atoms with Crippen molar-refractivity contribution in [1.82, 2.24) is 9.97 Å². The summed E-state index contributed by atoms with van der Waals surface area (Å²) < 4.78 is 0. The normalized spacial score (nSPS) is 10.7. The molecular formula is C8H10N2S. The van der Waals surface area contributed by atoms with Crippen molar-refractivity contribution in [3.8, 4) is 0 Å². The van der Waals surface area contributed by atoms with E-state index in [1.807, 2.05) is 37.7 Å². The first-order chi connectivity index (χ1) is 5.36. The van der Waals surface area contributed by atoms with E-state index in [-0.39, 0.29) is 0 Å². The van der Waals surface area contributed by atoms with Gasteiger partial charge in [-0.25, -0.2) is 9.97 Å². The molecule has 0 fully saturated rings. The van der Waals surface area contributed by atoms with E-state index >= 15 is 0 Å². The molecule has 0 amide bonds. The average Bonchev–Trinajstić information content (AvgIpc) is 2.07. The molecule has 0 radical (unpaired) electrons. The van der Waals surface area contributed by atoms with E-state index < -0.39 is 0 Å². The molecule has 2 nitrogen and oxygen atoms in total. The number of allylic oxidation sites excluding steroid dienone is 1. The number of nitrogens with zero attached hydrogens (tertiary/aromatic N) is 2. The summed E-state index contributed by atoms with van der Waals surface area (Å²) in [6.45, 7) is 1.97. The predicted molar refractivity (Wildman–Crippen MR) is 48.5 cm³/mol. The Bertz CT molecular complexity index is 241. The average molecular weight is 166 g/mol. The second-order valence-electron chi connectivity index (χ2n) is 2.00. The Balaban J connectivity index is 2.82. The number of hydrogen-bond donors (Lipinski definition) is 0. The minimum absolute atomic E-state index is 0.818. The summed E-state index contributed by atoms with van der Waals surface area (Å²) in [5.74, 6) is 0. The highest BCUT2D eigenvalue weighted by atomic mass is 32.2. The third kappa shape index (κ3) is 2.35. The van der Waals surface area contributed by atoms with Gasteiger partial charge in [0.1, 0.15) is 0 Å². The highest BCUT2D eigenvalue weighted by Crippen LogP contribution is 2.07. The van der Waals surface area contributed by atoms with Crippen molar-refractivity contribution in [2.75, 3.05) is 6.26 Å². The van der Waals surface area contributed by atoms with Crippen molar-refractivity contribution in [2.24, 2.45) is 0 Å². The van der Waals surface area contributed by atoms with Crippen molar-refractivity contribution >= 4 is 17.8 Å². The van der Waals surface area contributed by atoms with E-state index in [0.29, 0.717) is 0 Å². The Labute approximate surface area is 70.8 Å². The molecule has 1 heterocycles. The topological polar surface area (TPSA) is 25.8 Å². The Morgan fingerprint density at radius 2 is 2.00 bits per heavy atom. The van der Waals surface area contributed by atoms with Crippen LogP contribution in [0.3, 0.4) is 0 Å². The fraction of sp³-hybridized carbons (Fsp3) is 0.250. The van der Waals surface area contributed by atoms with Crippen LogP contribution in [-0.4, -0.2) is 16.2 Å². The SMILES string of the molecule is C/C=C/c1cnc(SC)nc1. The minimum atomic E-state index is 0.818. The van der Waals surface area contributed by atoms with Gasteiger partial charge in [-0.05, 0) is 13.2 Å². The molecule has 0 aromatic carbocycles. The smallest absolute Gasteiger partial charge is 0.187 e. The van der Waals surface area contributed by atoms with E-state index in [4.69, 9.17) is 0 Å². The van der Waals surface area contributed by atoms with Gasteiger partial charge in [-0.3, -0.25) is 0 Å². The number of hydrogen-bond acceptors (Lipinski definition) is 3. The molecule has 1 aromatic heterocycles. The second-order valence-corrected chi connectivity index (χ2v) is 2.78.